The van der Waals surface area contributed by atoms with Gasteiger partial charge in [0.2, 0.25) is 5.91 Å². The summed E-state index contributed by atoms with van der Waals surface area (Å²) in [5.74, 6) is -3.97. The Morgan fingerprint density at radius 1 is 1.08 bits per heavy atom. The van der Waals surface area contributed by atoms with E-state index in [1.807, 2.05) is 4.90 Å². The number of alkyl halides is 2. The normalized spacial score (nSPS) is 19.4. The second-order valence-electron chi connectivity index (χ2n) is 9.27. The smallest absolute Gasteiger partial charge is 0.252 e. The number of benzene rings is 2. The lowest BCUT2D eigenvalue weighted by atomic mass is 9.87. The molecule has 6 nitrogen and oxygen atoms in total. The zero-order valence-corrected chi connectivity index (χ0v) is 20.4. The molecule has 10 heteroatoms. The van der Waals surface area contributed by atoms with Crippen molar-refractivity contribution in [3.63, 3.8) is 0 Å². The van der Waals surface area contributed by atoms with Gasteiger partial charge >= 0.3 is 0 Å². The molecule has 1 aliphatic heterocycles. The standard InChI is InChI=1S/C27H24ClF3N4O2/c28-21-9-2-1-8-20(21)24(25(36)33-18-15-27(30,31)16-18)35(19-7-5-6-17(29)14-19)26(37)22-11-13-34(22)23-10-3-4-12-32-23/h1-10,12,14,18,22,24H,11,13,15-16H2,(H,33,36). The molecule has 2 heterocycles. The first-order valence-electron chi connectivity index (χ1n) is 11.9. The summed E-state index contributed by atoms with van der Waals surface area (Å²) < 4.78 is 41.4. The molecule has 1 N–H and O–H groups in total. The summed E-state index contributed by atoms with van der Waals surface area (Å²) in [5, 5.41) is 2.86. The van der Waals surface area contributed by atoms with E-state index in [1.165, 1.54) is 23.1 Å². The van der Waals surface area contributed by atoms with Gasteiger partial charge < -0.3 is 10.2 Å². The summed E-state index contributed by atoms with van der Waals surface area (Å²) in [6.07, 6.45) is 1.14. The van der Waals surface area contributed by atoms with Crippen molar-refractivity contribution in [3.8, 4) is 0 Å². The Bertz CT molecular complexity index is 1300. The molecule has 192 valence electrons. The van der Waals surface area contributed by atoms with Crippen LogP contribution in [0, 0.1) is 5.82 Å². The minimum atomic E-state index is -2.84. The van der Waals surface area contributed by atoms with Crippen molar-refractivity contribution in [2.75, 3.05) is 16.3 Å². The van der Waals surface area contributed by atoms with E-state index < -0.39 is 54.5 Å². The summed E-state index contributed by atoms with van der Waals surface area (Å²) in [4.78, 5) is 35.1. The molecule has 2 fully saturated rings. The van der Waals surface area contributed by atoms with Crippen LogP contribution in [0.2, 0.25) is 5.02 Å². The SMILES string of the molecule is O=C(NC1CC(F)(F)C1)C(c1ccccc1Cl)N(C(=O)C1CCN1c1ccccn1)c1cccc(F)c1. The number of halogens is 4. The third-order valence-corrected chi connectivity index (χ3v) is 7.06. The van der Waals surface area contributed by atoms with Crippen molar-refractivity contribution < 1.29 is 22.8 Å². The van der Waals surface area contributed by atoms with E-state index >= 15 is 0 Å². The Hall–Kier alpha value is -3.59. The molecule has 0 bridgehead atoms. The van der Waals surface area contributed by atoms with Crippen LogP contribution in [-0.4, -0.2) is 41.3 Å². The van der Waals surface area contributed by atoms with Gasteiger partial charge in [0.1, 0.15) is 23.7 Å². The van der Waals surface area contributed by atoms with Gasteiger partial charge in [-0.1, -0.05) is 41.9 Å². The summed E-state index contributed by atoms with van der Waals surface area (Å²) in [6.45, 7) is 0.574. The molecule has 3 aromatic rings. The summed E-state index contributed by atoms with van der Waals surface area (Å²) in [5.41, 5.74) is 0.450. The highest BCUT2D eigenvalue weighted by molar-refractivity contribution is 6.31. The summed E-state index contributed by atoms with van der Waals surface area (Å²) in [6, 6.07) is 14.5. The Morgan fingerprint density at radius 3 is 2.46 bits per heavy atom. The van der Waals surface area contributed by atoms with Crippen molar-refractivity contribution in [1.29, 1.82) is 0 Å². The monoisotopic (exact) mass is 528 g/mol. The van der Waals surface area contributed by atoms with Gasteiger partial charge in [0.15, 0.2) is 0 Å². The van der Waals surface area contributed by atoms with Crippen LogP contribution in [0.15, 0.2) is 72.9 Å². The molecular formula is C27H24ClF3N4O2. The Morgan fingerprint density at radius 2 is 1.84 bits per heavy atom. The molecule has 1 aromatic heterocycles. The molecule has 1 aliphatic carbocycles. The maximum Gasteiger partial charge on any atom is 0.252 e. The van der Waals surface area contributed by atoms with E-state index in [0.29, 0.717) is 24.3 Å². The number of pyridine rings is 1. The molecule has 0 radical (unpaired) electrons. The van der Waals surface area contributed by atoms with Crippen LogP contribution < -0.4 is 15.1 Å². The van der Waals surface area contributed by atoms with E-state index in [-0.39, 0.29) is 10.7 Å². The van der Waals surface area contributed by atoms with Gasteiger partial charge in [0.05, 0.1) is 0 Å². The van der Waals surface area contributed by atoms with Crippen LogP contribution in [0.5, 0.6) is 0 Å². The second kappa shape index (κ2) is 10.0. The number of nitrogens with zero attached hydrogens (tertiary/aromatic N) is 3. The van der Waals surface area contributed by atoms with Crippen molar-refractivity contribution in [3.05, 3.63) is 89.3 Å². The van der Waals surface area contributed by atoms with E-state index in [4.69, 9.17) is 11.6 Å². The third kappa shape index (κ3) is 5.13. The van der Waals surface area contributed by atoms with Gasteiger partial charge in [-0.05, 0) is 42.8 Å². The molecule has 1 saturated heterocycles. The van der Waals surface area contributed by atoms with Gasteiger partial charge in [-0.15, -0.1) is 0 Å². The van der Waals surface area contributed by atoms with Crippen molar-refractivity contribution in [1.82, 2.24) is 10.3 Å². The first kappa shape index (κ1) is 25.1. The van der Waals surface area contributed by atoms with Crippen LogP contribution in [0.3, 0.4) is 0 Å². The molecule has 2 atom stereocenters. The second-order valence-corrected chi connectivity index (χ2v) is 9.67. The molecule has 2 aromatic carbocycles. The fourth-order valence-electron chi connectivity index (χ4n) is 4.77. The minimum Gasteiger partial charge on any atom is -0.351 e. The number of rotatable bonds is 7. The van der Waals surface area contributed by atoms with Gasteiger partial charge in [0, 0.05) is 47.9 Å². The van der Waals surface area contributed by atoms with Crippen LogP contribution in [0.25, 0.3) is 0 Å². The predicted octanol–water partition coefficient (Wildman–Crippen LogP) is 5.14. The van der Waals surface area contributed by atoms with Crippen molar-refractivity contribution >= 4 is 34.9 Å². The van der Waals surface area contributed by atoms with E-state index in [9.17, 15) is 22.8 Å². The Kier molecular flexibility index (Phi) is 6.81. The molecule has 37 heavy (non-hydrogen) atoms. The van der Waals surface area contributed by atoms with Gasteiger partial charge in [-0.25, -0.2) is 18.2 Å². The number of nitrogens with one attached hydrogen (secondary N) is 1. The highest BCUT2D eigenvalue weighted by Gasteiger charge is 2.48. The quantitative estimate of drug-likeness (QED) is 0.461. The average molecular weight is 529 g/mol. The molecule has 2 amide bonds. The molecular weight excluding hydrogens is 505 g/mol. The van der Waals surface area contributed by atoms with Crippen LogP contribution in [-0.2, 0) is 9.59 Å². The number of aromatic nitrogens is 1. The topological polar surface area (TPSA) is 65.5 Å². The van der Waals surface area contributed by atoms with Gasteiger partial charge in [-0.3, -0.25) is 14.5 Å². The summed E-state index contributed by atoms with van der Waals surface area (Å²) >= 11 is 6.48. The largest absolute Gasteiger partial charge is 0.351 e. The number of anilines is 2. The van der Waals surface area contributed by atoms with E-state index in [0.717, 1.165) is 6.07 Å². The van der Waals surface area contributed by atoms with Crippen molar-refractivity contribution in [2.24, 2.45) is 0 Å². The highest BCUT2D eigenvalue weighted by Crippen LogP contribution is 2.39. The lowest BCUT2D eigenvalue weighted by Gasteiger charge is -2.45. The number of hydrogen-bond donors (Lipinski definition) is 1. The predicted molar refractivity (Wildman–Crippen MR) is 134 cm³/mol. The first-order chi connectivity index (χ1) is 17.7. The molecule has 1 saturated carbocycles. The zero-order chi connectivity index (χ0) is 26.2. The summed E-state index contributed by atoms with van der Waals surface area (Å²) in [7, 11) is 0. The third-order valence-electron chi connectivity index (χ3n) is 6.71. The van der Waals surface area contributed by atoms with Gasteiger partial charge in [0.25, 0.3) is 11.8 Å². The lowest BCUT2D eigenvalue weighted by molar-refractivity contribution is -0.133. The fourth-order valence-corrected chi connectivity index (χ4v) is 5.01. The molecule has 2 unspecified atom stereocenters. The first-order valence-corrected chi connectivity index (χ1v) is 12.3. The number of amides is 2. The Balaban J connectivity index is 1.55. The molecule has 0 spiro atoms. The molecule has 2 aliphatic rings. The maximum absolute atomic E-state index is 14.4. The Labute approximate surface area is 217 Å². The number of carbonyl (C=O) groups is 2. The lowest BCUT2D eigenvalue weighted by Crippen LogP contribution is -2.60. The molecule has 5 rings (SSSR count). The highest BCUT2D eigenvalue weighted by atomic mass is 35.5. The van der Waals surface area contributed by atoms with Crippen LogP contribution in [0.4, 0.5) is 24.7 Å². The van der Waals surface area contributed by atoms with Gasteiger partial charge in [-0.2, -0.15) is 0 Å². The van der Waals surface area contributed by atoms with E-state index in [2.05, 4.69) is 10.3 Å². The zero-order valence-electron chi connectivity index (χ0n) is 19.7. The number of hydrogen-bond acceptors (Lipinski definition) is 4. The minimum absolute atomic E-state index is 0.150. The maximum atomic E-state index is 14.4. The number of carbonyl (C=O) groups excluding carboxylic acids is 2. The average Bonchev–Trinajstić information content (AvgIpc) is 2.82. The fraction of sp³-hybridized carbons (Fsp3) is 0.296. The van der Waals surface area contributed by atoms with Crippen LogP contribution >= 0.6 is 11.6 Å². The van der Waals surface area contributed by atoms with E-state index in [1.54, 1.807) is 48.7 Å². The van der Waals surface area contributed by atoms with Crippen molar-refractivity contribution in [2.45, 2.75) is 43.3 Å². The van der Waals surface area contributed by atoms with Crippen LogP contribution in [0.1, 0.15) is 30.9 Å².